The molecule has 2 rings (SSSR count). The third-order valence-corrected chi connectivity index (χ3v) is 2.64. The SMILES string of the molecule is NC1CCN(c2cncc(Cl)n2)CC1. The van der Waals surface area contributed by atoms with Crippen molar-refractivity contribution in [2.24, 2.45) is 5.73 Å². The van der Waals surface area contributed by atoms with Crippen LogP contribution in [0, 0.1) is 0 Å². The summed E-state index contributed by atoms with van der Waals surface area (Å²) in [5.74, 6) is 0.851. The van der Waals surface area contributed by atoms with E-state index < -0.39 is 0 Å². The van der Waals surface area contributed by atoms with Crippen molar-refractivity contribution < 1.29 is 0 Å². The number of rotatable bonds is 1. The molecule has 2 heterocycles. The second-order valence-corrected chi connectivity index (χ2v) is 3.91. The Hall–Kier alpha value is -0.870. The van der Waals surface area contributed by atoms with Crippen LogP contribution in [0.2, 0.25) is 5.15 Å². The molecular formula is C9H13ClN4. The zero-order chi connectivity index (χ0) is 9.97. The van der Waals surface area contributed by atoms with E-state index in [1.807, 2.05) is 0 Å². The normalized spacial score (nSPS) is 18.6. The molecule has 0 bridgehead atoms. The summed E-state index contributed by atoms with van der Waals surface area (Å²) in [7, 11) is 0. The Bertz CT molecular complexity index is 309. The van der Waals surface area contributed by atoms with Gasteiger partial charge in [0.2, 0.25) is 0 Å². The minimum atomic E-state index is 0.332. The van der Waals surface area contributed by atoms with Crippen LogP contribution in [0.15, 0.2) is 12.4 Å². The summed E-state index contributed by atoms with van der Waals surface area (Å²) in [5.41, 5.74) is 5.82. The molecule has 1 aromatic rings. The van der Waals surface area contributed by atoms with Gasteiger partial charge in [0, 0.05) is 19.1 Å². The molecule has 0 radical (unpaired) electrons. The number of nitrogens with zero attached hydrogens (tertiary/aromatic N) is 3. The largest absolute Gasteiger partial charge is 0.355 e. The zero-order valence-electron chi connectivity index (χ0n) is 7.86. The van der Waals surface area contributed by atoms with Crippen LogP contribution in [-0.2, 0) is 0 Å². The molecule has 1 aromatic heterocycles. The van der Waals surface area contributed by atoms with E-state index in [2.05, 4.69) is 14.9 Å². The molecular weight excluding hydrogens is 200 g/mol. The van der Waals surface area contributed by atoms with Gasteiger partial charge in [0.05, 0.1) is 12.4 Å². The van der Waals surface area contributed by atoms with E-state index >= 15 is 0 Å². The van der Waals surface area contributed by atoms with Crippen LogP contribution in [0.5, 0.6) is 0 Å². The Morgan fingerprint density at radius 3 is 2.71 bits per heavy atom. The lowest BCUT2D eigenvalue weighted by molar-refractivity contribution is 0.498. The van der Waals surface area contributed by atoms with Crippen molar-refractivity contribution in [2.75, 3.05) is 18.0 Å². The molecule has 0 unspecified atom stereocenters. The second-order valence-electron chi connectivity index (χ2n) is 3.52. The van der Waals surface area contributed by atoms with Gasteiger partial charge >= 0.3 is 0 Å². The summed E-state index contributed by atoms with van der Waals surface area (Å²) in [5, 5.41) is 0.442. The van der Waals surface area contributed by atoms with Crippen LogP contribution in [-0.4, -0.2) is 29.1 Å². The number of hydrogen-bond donors (Lipinski definition) is 1. The van der Waals surface area contributed by atoms with Gasteiger partial charge in [-0.3, -0.25) is 4.98 Å². The lowest BCUT2D eigenvalue weighted by Crippen LogP contribution is -2.40. The number of aromatic nitrogens is 2. The van der Waals surface area contributed by atoms with Gasteiger partial charge < -0.3 is 10.6 Å². The molecule has 2 N–H and O–H groups in total. The van der Waals surface area contributed by atoms with Crippen molar-refractivity contribution >= 4 is 17.4 Å². The van der Waals surface area contributed by atoms with Gasteiger partial charge in [-0.1, -0.05) is 11.6 Å². The first-order valence-corrected chi connectivity index (χ1v) is 5.11. The predicted octanol–water partition coefficient (Wildman–Crippen LogP) is 1.06. The highest BCUT2D eigenvalue weighted by molar-refractivity contribution is 6.29. The maximum Gasteiger partial charge on any atom is 0.149 e. The van der Waals surface area contributed by atoms with Crippen LogP contribution in [0.4, 0.5) is 5.82 Å². The third kappa shape index (κ3) is 2.13. The van der Waals surface area contributed by atoms with E-state index in [0.29, 0.717) is 11.2 Å². The molecule has 1 aliphatic heterocycles. The highest BCUT2D eigenvalue weighted by Gasteiger charge is 2.17. The molecule has 0 atom stereocenters. The molecule has 14 heavy (non-hydrogen) atoms. The number of anilines is 1. The van der Waals surface area contributed by atoms with Crippen molar-refractivity contribution in [1.82, 2.24) is 9.97 Å². The number of nitrogens with two attached hydrogens (primary N) is 1. The number of hydrogen-bond acceptors (Lipinski definition) is 4. The summed E-state index contributed by atoms with van der Waals surface area (Å²) in [6.45, 7) is 1.88. The van der Waals surface area contributed by atoms with Gasteiger partial charge in [0.1, 0.15) is 11.0 Å². The molecule has 0 aliphatic carbocycles. The Kier molecular flexibility index (Phi) is 2.84. The van der Waals surface area contributed by atoms with E-state index in [1.54, 1.807) is 12.4 Å². The lowest BCUT2D eigenvalue weighted by Gasteiger charge is -2.30. The van der Waals surface area contributed by atoms with Gasteiger partial charge in [0.15, 0.2) is 0 Å². The standard InChI is InChI=1S/C9H13ClN4/c10-8-5-12-6-9(13-8)14-3-1-7(11)2-4-14/h5-7H,1-4,11H2. The minimum Gasteiger partial charge on any atom is -0.355 e. The van der Waals surface area contributed by atoms with Crippen LogP contribution >= 0.6 is 11.6 Å². The fraction of sp³-hybridized carbons (Fsp3) is 0.556. The molecule has 1 fully saturated rings. The monoisotopic (exact) mass is 212 g/mol. The van der Waals surface area contributed by atoms with E-state index in [4.69, 9.17) is 17.3 Å². The summed E-state index contributed by atoms with van der Waals surface area (Å²) >= 11 is 5.77. The summed E-state index contributed by atoms with van der Waals surface area (Å²) in [6, 6.07) is 0.332. The fourth-order valence-corrected chi connectivity index (χ4v) is 1.76. The molecule has 0 aromatic carbocycles. The number of halogens is 1. The van der Waals surface area contributed by atoms with Crippen molar-refractivity contribution in [2.45, 2.75) is 18.9 Å². The quantitative estimate of drug-likeness (QED) is 0.757. The van der Waals surface area contributed by atoms with Crippen molar-refractivity contribution in [3.63, 3.8) is 0 Å². The first-order chi connectivity index (χ1) is 6.75. The van der Waals surface area contributed by atoms with Gasteiger partial charge in [-0.25, -0.2) is 4.98 Å². The van der Waals surface area contributed by atoms with Crippen molar-refractivity contribution in [3.8, 4) is 0 Å². The Morgan fingerprint density at radius 2 is 2.07 bits per heavy atom. The topological polar surface area (TPSA) is 55.0 Å². The maximum atomic E-state index is 5.82. The van der Waals surface area contributed by atoms with E-state index in [9.17, 15) is 0 Å². The highest BCUT2D eigenvalue weighted by Crippen LogP contribution is 2.17. The highest BCUT2D eigenvalue weighted by atomic mass is 35.5. The summed E-state index contributed by atoms with van der Waals surface area (Å²) in [4.78, 5) is 10.4. The molecule has 1 saturated heterocycles. The number of piperidine rings is 1. The zero-order valence-corrected chi connectivity index (χ0v) is 8.61. The third-order valence-electron chi connectivity index (χ3n) is 2.46. The Morgan fingerprint density at radius 1 is 1.36 bits per heavy atom. The van der Waals surface area contributed by atoms with E-state index in [0.717, 1.165) is 31.7 Å². The van der Waals surface area contributed by atoms with Gasteiger partial charge in [-0.05, 0) is 12.8 Å². The average molecular weight is 213 g/mol. The molecule has 4 nitrogen and oxygen atoms in total. The Balaban J connectivity index is 2.08. The van der Waals surface area contributed by atoms with Crippen LogP contribution in [0.1, 0.15) is 12.8 Å². The smallest absolute Gasteiger partial charge is 0.149 e. The minimum absolute atomic E-state index is 0.332. The van der Waals surface area contributed by atoms with Gasteiger partial charge in [0.25, 0.3) is 0 Å². The van der Waals surface area contributed by atoms with E-state index in [1.165, 1.54) is 0 Å². The van der Waals surface area contributed by atoms with E-state index in [-0.39, 0.29) is 0 Å². The van der Waals surface area contributed by atoms with Crippen molar-refractivity contribution in [1.29, 1.82) is 0 Å². The molecule has 0 spiro atoms. The maximum absolute atomic E-state index is 5.82. The predicted molar refractivity (Wildman–Crippen MR) is 56.5 cm³/mol. The lowest BCUT2D eigenvalue weighted by atomic mass is 10.1. The first-order valence-electron chi connectivity index (χ1n) is 4.74. The van der Waals surface area contributed by atoms with Gasteiger partial charge in [-0.15, -0.1) is 0 Å². The molecule has 76 valence electrons. The fourth-order valence-electron chi connectivity index (χ4n) is 1.61. The Labute approximate surface area is 88.1 Å². The second kappa shape index (κ2) is 4.11. The first kappa shape index (κ1) is 9.68. The molecule has 5 heteroatoms. The molecule has 0 saturated carbocycles. The van der Waals surface area contributed by atoms with Crippen LogP contribution in [0.25, 0.3) is 0 Å². The van der Waals surface area contributed by atoms with Crippen molar-refractivity contribution in [3.05, 3.63) is 17.5 Å². The average Bonchev–Trinajstić information content (AvgIpc) is 2.19. The molecule has 1 aliphatic rings. The van der Waals surface area contributed by atoms with Crippen LogP contribution in [0.3, 0.4) is 0 Å². The van der Waals surface area contributed by atoms with Gasteiger partial charge in [-0.2, -0.15) is 0 Å². The summed E-state index contributed by atoms with van der Waals surface area (Å²) < 4.78 is 0. The summed E-state index contributed by atoms with van der Waals surface area (Å²) in [6.07, 6.45) is 5.30. The molecule has 0 amide bonds. The van der Waals surface area contributed by atoms with Crippen LogP contribution < -0.4 is 10.6 Å².